The fourth-order valence-corrected chi connectivity index (χ4v) is 4.96. The number of carbonyl (C=O) groups is 5. The maximum Gasteiger partial charge on any atom is 0.312 e. The number of urea groups is 1. The average Bonchev–Trinajstić information content (AvgIpc) is 3.06. The first-order valence-corrected chi connectivity index (χ1v) is 17.0. The van der Waals surface area contributed by atoms with Gasteiger partial charge in [-0.15, -0.1) is 0 Å². The smallest absolute Gasteiger partial charge is 0.312 e. The molecule has 0 aromatic heterocycles. The molecule has 0 aliphatic carbocycles. The first-order chi connectivity index (χ1) is 24.0. The molecule has 18 nitrogen and oxygen atoms in total. The Morgan fingerprint density at radius 2 is 1.61 bits per heavy atom. The molecule has 0 bridgehead atoms. The molecular weight excluding hydrogens is 670 g/mol. The fourth-order valence-electron chi connectivity index (χ4n) is 4.96. The van der Waals surface area contributed by atoms with Gasteiger partial charge in [0.05, 0.1) is 17.6 Å². The van der Waals surface area contributed by atoms with Crippen LogP contribution in [0.3, 0.4) is 0 Å². The number of amides is 5. The largest absolute Gasteiger partial charge is 0.461 e. The number of nitrogens with one attached hydrogen (secondary N) is 5. The lowest BCUT2D eigenvalue weighted by Crippen LogP contribution is -2.63. The third-order valence-electron chi connectivity index (χ3n) is 7.73. The van der Waals surface area contributed by atoms with Crippen molar-refractivity contribution in [2.24, 2.45) is 23.3 Å². The van der Waals surface area contributed by atoms with Crippen molar-refractivity contribution in [3.63, 3.8) is 0 Å². The number of ether oxygens (including phenoxy) is 3. The summed E-state index contributed by atoms with van der Waals surface area (Å²) in [4.78, 5) is 63.2. The highest BCUT2D eigenvalue weighted by molar-refractivity contribution is 5.99. The van der Waals surface area contributed by atoms with Gasteiger partial charge in [0.1, 0.15) is 36.7 Å². The molecule has 0 saturated carbocycles. The van der Waals surface area contributed by atoms with E-state index in [1.165, 1.54) is 12.1 Å². The Kier molecular flexibility index (Phi) is 17.5. The number of hydrogen-bond acceptors (Lipinski definition) is 13. The Bertz CT molecular complexity index is 1330. The van der Waals surface area contributed by atoms with E-state index in [9.17, 15) is 39.3 Å². The van der Waals surface area contributed by atoms with Gasteiger partial charge in [-0.25, -0.2) is 4.79 Å². The highest BCUT2D eigenvalue weighted by Gasteiger charge is 2.48. The molecule has 1 fully saturated rings. The number of anilines is 1. The first-order valence-electron chi connectivity index (χ1n) is 17.0. The van der Waals surface area contributed by atoms with Crippen molar-refractivity contribution in [1.82, 2.24) is 21.3 Å². The second-order valence-electron chi connectivity index (χ2n) is 13.2. The van der Waals surface area contributed by atoms with Crippen molar-refractivity contribution in [2.45, 2.75) is 110 Å². The van der Waals surface area contributed by atoms with Gasteiger partial charge < -0.3 is 67.6 Å². The third kappa shape index (κ3) is 13.5. The Hall–Kier alpha value is -4.07. The normalized spacial score (nSPS) is 21.5. The van der Waals surface area contributed by atoms with Gasteiger partial charge in [-0.1, -0.05) is 47.6 Å². The standard InChI is InChI=1S/C33H55N7O11/c1-16(2)23(38-18(5)6)29(45)40-21(8-7-12-37-33(35)48)28(44)39-20-10-9-19(15-49-31(47)17(3)4)14-22(20)50-32-26(43)24(41)25(42)27(51-32)30(46)36-13-11-34/h9-10,14,16-18,21,23-27,32,38,41-43H,7-8,11-13,15,34H2,1-6H3,(H,36,46)(H,39,44)(H,40,45)(H3,35,37,48)/t21-,23-,24-,25-,26+,27-,32+/m0/s1. The lowest BCUT2D eigenvalue weighted by molar-refractivity contribution is -0.266. The highest BCUT2D eigenvalue weighted by Crippen LogP contribution is 2.31. The number of esters is 1. The second kappa shape index (κ2) is 20.7. The van der Waals surface area contributed by atoms with E-state index in [4.69, 9.17) is 25.7 Å². The molecule has 5 amide bonds. The minimum atomic E-state index is -1.87. The summed E-state index contributed by atoms with van der Waals surface area (Å²) in [5.74, 6) is -3.04. The van der Waals surface area contributed by atoms with E-state index >= 15 is 0 Å². The summed E-state index contributed by atoms with van der Waals surface area (Å²) in [5, 5.41) is 45.4. The van der Waals surface area contributed by atoms with Gasteiger partial charge in [-0.2, -0.15) is 0 Å². The quantitative estimate of drug-likeness (QED) is 0.0577. The zero-order valence-electron chi connectivity index (χ0n) is 30.0. The lowest BCUT2D eigenvalue weighted by Gasteiger charge is -2.39. The molecule has 18 heteroatoms. The van der Waals surface area contributed by atoms with Crippen LogP contribution in [0.1, 0.15) is 59.9 Å². The van der Waals surface area contributed by atoms with Crippen molar-refractivity contribution < 1.29 is 53.5 Å². The summed E-state index contributed by atoms with van der Waals surface area (Å²) in [7, 11) is 0. The molecule has 0 spiro atoms. The summed E-state index contributed by atoms with van der Waals surface area (Å²) in [6.45, 7) is 10.9. The summed E-state index contributed by atoms with van der Waals surface area (Å²) in [6, 6.07) is 1.86. The van der Waals surface area contributed by atoms with Crippen molar-refractivity contribution in [2.75, 3.05) is 25.0 Å². The maximum absolute atomic E-state index is 13.8. The van der Waals surface area contributed by atoms with E-state index in [-0.39, 0.29) is 62.5 Å². The van der Waals surface area contributed by atoms with Crippen LogP contribution in [0.4, 0.5) is 10.5 Å². The number of nitrogens with two attached hydrogens (primary N) is 2. The second-order valence-corrected chi connectivity index (χ2v) is 13.2. The summed E-state index contributed by atoms with van der Waals surface area (Å²) >= 11 is 0. The summed E-state index contributed by atoms with van der Waals surface area (Å²) < 4.78 is 16.9. The third-order valence-corrected chi connectivity index (χ3v) is 7.73. The molecule has 7 atom stereocenters. The molecule has 12 N–H and O–H groups in total. The Labute approximate surface area is 297 Å². The molecular formula is C33H55N7O11. The van der Waals surface area contributed by atoms with Crippen LogP contribution in [-0.2, 0) is 35.3 Å². The average molecular weight is 726 g/mol. The Balaban J connectivity index is 2.45. The molecule has 2 rings (SSSR count). The maximum atomic E-state index is 13.8. The number of carbonyl (C=O) groups excluding carboxylic acids is 5. The van der Waals surface area contributed by atoms with Crippen LogP contribution in [0.5, 0.6) is 5.75 Å². The van der Waals surface area contributed by atoms with Crippen LogP contribution in [-0.4, -0.2) is 114 Å². The Morgan fingerprint density at radius 1 is 0.922 bits per heavy atom. The monoisotopic (exact) mass is 725 g/mol. The molecule has 1 aliphatic heterocycles. The van der Waals surface area contributed by atoms with Crippen LogP contribution in [0.25, 0.3) is 0 Å². The van der Waals surface area contributed by atoms with Crippen molar-refractivity contribution in [3.05, 3.63) is 23.8 Å². The van der Waals surface area contributed by atoms with Crippen molar-refractivity contribution >= 4 is 35.4 Å². The molecule has 1 aromatic carbocycles. The zero-order chi connectivity index (χ0) is 38.4. The van der Waals surface area contributed by atoms with Gasteiger partial charge in [0.2, 0.25) is 18.1 Å². The SMILES string of the molecule is CC(C)N[C@H](C(=O)N[C@@H](CCCNC(N)=O)C(=O)Nc1ccc(COC(=O)C(C)C)cc1O[C@@H]1O[C@H](C(=O)NCCN)[C@@H](O)[C@H](O)[C@H]1O)C(C)C. The zero-order valence-corrected chi connectivity index (χ0v) is 30.0. The number of benzene rings is 1. The van der Waals surface area contributed by atoms with Gasteiger partial charge in [-0.05, 0) is 36.5 Å². The van der Waals surface area contributed by atoms with E-state index < -0.39 is 78.4 Å². The number of hydrogen-bond donors (Lipinski definition) is 10. The number of aliphatic hydroxyl groups excluding tert-OH is 3. The van der Waals surface area contributed by atoms with Gasteiger partial charge in [0.25, 0.3) is 5.91 Å². The fraction of sp³-hybridized carbons (Fsp3) is 0.667. The molecule has 1 heterocycles. The van der Waals surface area contributed by atoms with E-state index in [1.54, 1.807) is 19.9 Å². The summed E-state index contributed by atoms with van der Waals surface area (Å²) in [6.07, 6.45) is -8.56. The number of aliphatic hydroxyl groups is 3. The molecule has 0 unspecified atom stereocenters. The van der Waals surface area contributed by atoms with E-state index in [0.717, 1.165) is 0 Å². The van der Waals surface area contributed by atoms with Crippen molar-refractivity contribution in [3.8, 4) is 5.75 Å². The van der Waals surface area contributed by atoms with E-state index in [1.807, 2.05) is 27.7 Å². The van der Waals surface area contributed by atoms with Gasteiger partial charge >= 0.3 is 12.0 Å². The topological polar surface area (TPSA) is 286 Å². The van der Waals surface area contributed by atoms with Crippen LogP contribution in [0.15, 0.2) is 18.2 Å². The number of rotatable bonds is 19. The van der Waals surface area contributed by atoms with Crippen molar-refractivity contribution in [1.29, 1.82) is 0 Å². The predicted octanol–water partition coefficient (Wildman–Crippen LogP) is -1.46. The molecule has 288 valence electrons. The minimum absolute atomic E-state index is 0.0229. The highest BCUT2D eigenvalue weighted by atomic mass is 16.7. The van der Waals surface area contributed by atoms with Gasteiger partial charge in [0, 0.05) is 25.7 Å². The first kappa shape index (κ1) is 43.1. The van der Waals surface area contributed by atoms with Gasteiger partial charge in [-0.3, -0.25) is 19.2 Å². The molecule has 51 heavy (non-hydrogen) atoms. The van der Waals surface area contributed by atoms with E-state index in [2.05, 4.69) is 26.6 Å². The van der Waals surface area contributed by atoms with Crippen LogP contribution >= 0.6 is 0 Å². The molecule has 0 radical (unpaired) electrons. The van der Waals surface area contributed by atoms with Crippen LogP contribution in [0.2, 0.25) is 0 Å². The van der Waals surface area contributed by atoms with Gasteiger partial charge in [0.15, 0.2) is 6.10 Å². The summed E-state index contributed by atoms with van der Waals surface area (Å²) in [5.41, 5.74) is 11.0. The minimum Gasteiger partial charge on any atom is -0.461 e. The molecule has 1 aromatic rings. The lowest BCUT2D eigenvalue weighted by atomic mass is 9.98. The van der Waals surface area contributed by atoms with Crippen LogP contribution < -0.4 is 42.8 Å². The van der Waals surface area contributed by atoms with Crippen LogP contribution in [0, 0.1) is 11.8 Å². The predicted molar refractivity (Wildman–Crippen MR) is 185 cm³/mol. The number of primary amides is 1. The van der Waals surface area contributed by atoms with E-state index in [0.29, 0.717) is 5.56 Å². The Morgan fingerprint density at radius 3 is 2.20 bits per heavy atom. The molecule has 1 aliphatic rings. The molecule has 1 saturated heterocycles.